The van der Waals surface area contributed by atoms with Gasteiger partial charge in [-0.2, -0.15) is 0 Å². The van der Waals surface area contributed by atoms with E-state index < -0.39 is 16.9 Å². The fourth-order valence-corrected chi connectivity index (χ4v) is 3.29. The van der Waals surface area contributed by atoms with Crippen LogP contribution in [-0.2, 0) is 28.5 Å². The lowest BCUT2D eigenvalue weighted by Gasteiger charge is -2.26. The first-order chi connectivity index (χ1) is 11.1. The van der Waals surface area contributed by atoms with Crippen LogP contribution >= 0.6 is 0 Å². The largest absolute Gasteiger partial charge is 0.389 e. The molecule has 7 heteroatoms. The highest BCUT2D eigenvalue weighted by molar-refractivity contribution is 7.84. The number of fused-ring (bicyclic) bond motifs is 1. The summed E-state index contributed by atoms with van der Waals surface area (Å²) >= 11 is 0. The van der Waals surface area contributed by atoms with E-state index in [2.05, 4.69) is 28.3 Å². The third-order valence-corrected chi connectivity index (χ3v) is 4.68. The van der Waals surface area contributed by atoms with Crippen LogP contribution < -0.4 is 0 Å². The molecule has 0 unspecified atom stereocenters. The number of hydrogen-bond donors (Lipinski definition) is 1. The zero-order valence-corrected chi connectivity index (χ0v) is 13.9. The molecule has 2 aromatic rings. The van der Waals surface area contributed by atoms with E-state index in [4.69, 9.17) is 4.74 Å². The van der Waals surface area contributed by atoms with Crippen LogP contribution in [0.4, 0.5) is 0 Å². The minimum Gasteiger partial charge on any atom is -0.389 e. The van der Waals surface area contributed by atoms with Gasteiger partial charge >= 0.3 is 0 Å². The van der Waals surface area contributed by atoms with Crippen LogP contribution in [0.2, 0.25) is 0 Å². The van der Waals surface area contributed by atoms with Crippen LogP contribution in [0.15, 0.2) is 35.7 Å². The molecule has 1 aromatic carbocycles. The molecule has 124 valence electrons. The SMILES string of the molecule is C[S@@](=O)c1ncn(C[C@H](O)CO[C@@H]2CCCc3ccccc32)n1. The lowest BCUT2D eigenvalue weighted by molar-refractivity contribution is -0.0236. The van der Waals surface area contributed by atoms with Gasteiger partial charge in [-0.15, -0.1) is 5.10 Å². The molecule has 1 aromatic heterocycles. The second-order valence-electron chi connectivity index (χ2n) is 5.77. The fourth-order valence-electron chi connectivity index (χ4n) is 2.88. The molecule has 1 aliphatic rings. The molecule has 0 saturated carbocycles. The quantitative estimate of drug-likeness (QED) is 0.865. The molecule has 0 radical (unpaired) electrons. The molecule has 3 atom stereocenters. The van der Waals surface area contributed by atoms with Gasteiger partial charge in [0.25, 0.3) is 0 Å². The highest BCUT2D eigenvalue weighted by Crippen LogP contribution is 2.32. The molecule has 0 amide bonds. The number of aliphatic hydroxyl groups is 1. The van der Waals surface area contributed by atoms with Crippen molar-refractivity contribution in [2.75, 3.05) is 12.9 Å². The molecular weight excluding hydrogens is 314 g/mol. The fraction of sp³-hybridized carbons (Fsp3) is 0.500. The van der Waals surface area contributed by atoms with Crippen molar-refractivity contribution < 1.29 is 14.1 Å². The van der Waals surface area contributed by atoms with Crippen molar-refractivity contribution in [2.45, 2.75) is 43.2 Å². The Kier molecular flexibility index (Phi) is 5.20. The summed E-state index contributed by atoms with van der Waals surface area (Å²) in [6.45, 7) is 0.516. The van der Waals surface area contributed by atoms with Gasteiger partial charge in [-0.05, 0) is 30.4 Å². The van der Waals surface area contributed by atoms with Crippen molar-refractivity contribution in [3.8, 4) is 0 Å². The summed E-state index contributed by atoms with van der Waals surface area (Å²) in [4.78, 5) is 3.95. The van der Waals surface area contributed by atoms with Gasteiger partial charge in [0.05, 0.1) is 36.2 Å². The van der Waals surface area contributed by atoms with E-state index in [1.807, 2.05) is 6.07 Å². The second-order valence-corrected chi connectivity index (χ2v) is 7.04. The number of nitrogens with zero attached hydrogens (tertiary/aromatic N) is 3. The Morgan fingerprint density at radius 1 is 1.48 bits per heavy atom. The normalized spacial score (nSPS) is 20.0. The summed E-state index contributed by atoms with van der Waals surface area (Å²) < 4.78 is 18.7. The topological polar surface area (TPSA) is 77.2 Å². The van der Waals surface area contributed by atoms with Gasteiger partial charge in [-0.3, -0.25) is 4.21 Å². The molecule has 1 heterocycles. The van der Waals surface area contributed by atoms with Gasteiger partial charge in [0, 0.05) is 6.26 Å². The van der Waals surface area contributed by atoms with E-state index in [0.29, 0.717) is 0 Å². The number of aliphatic hydroxyl groups excluding tert-OH is 1. The Morgan fingerprint density at radius 2 is 2.30 bits per heavy atom. The Bertz CT molecular complexity index is 689. The molecule has 6 nitrogen and oxygen atoms in total. The van der Waals surface area contributed by atoms with Crippen LogP contribution in [0.3, 0.4) is 0 Å². The molecule has 0 fully saturated rings. The van der Waals surface area contributed by atoms with Gasteiger partial charge in [0.2, 0.25) is 5.16 Å². The number of hydrogen-bond acceptors (Lipinski definition) is 5. The van der Waals surface area contributed by atoms with Crippen LogP contribution in [-0.4, -0.2) is 43.0 Å². The number of aryl methyl sites for hydroxylation is 1. The van der Waals surface area contributed by atoms with Crippen molar-refractivity contribution in [3.05, 3.63) is 41.7 Å². The first-order valence-electron chi connectivity index (χ1n) is 7.74. The predicted molar refractivity (Wildman–Crippen MR) is 86.4 cm³/mol. The Balaban J connectivity index is 1.55. The summed E-state index contributed by atoms with van der Waals surface area (Å²) in [5.74, 6) is 0. The molecule has 1 aliphatic carbocycles. The summed E-state index contributed by atoms with van der Waals surface area (Å²) in [5, 5.41) is 14.5. The second kappa shape index (κ2) is 7.33. The highest BCUT2D eigenvalue weighted by Gasteiger charge is 2.21. The standard InChI is InChI=1S/C16H21N3O3S/c1-23(21)16-17-11-19(18-16)9-13(20)10-22-15-8-4-6-12-5-2-3-7-14(12)15/h2-3,5,7,11,13,15,20H,4,6,8-10H2,1H3/t13-,15+,23+/m0/s1. The summed E-state index contributed by atoms with van der Waals surface area (Å²) in [7, 11) is -1.21. The van der Waals surface area contributed by atoms with Gasteiger partial charge in [-0.25, -0.2) is 9.67 Å². The predicted octanol–water partition coefficient (Wildman–Crippen LogP) is 1.47. The summed E-state index contributed by atoms with van der Waals surface area (Å²) in [6, 6.07) is 8.32. The third-order valence-electron chi connectivity index (χ3n) is 3.97. The van der Waals surface area contributed by atoms with Crippen LogP contribution in [0.1, 0.15) is 30.1 Å². The summed E-state index contributed by atoms with van der Waals surface area (Å²) in [6.07, 6.45) is 5.55. The maximum atomic E-state index is 11.3. The van der Waals surface area contributed by atoms with Gasteiger partial charge < -0.3 is 9.84 Å². The first kappa shape index (κ1) is 16.3. The van der Waals surface area contributed by atoms with E-state index in [0.717, 1.165) is 19.3 Å². The molecular formula is C16H21N3O3S. The Morgan fingerprint density at radius 3 is 3.09 bits per heavy atom. The lowest BCUT2D eigenvalue weighted by atomic mass is 9.89. The maximum absolute atomic E-state index is 11.3. The van der Waals surface area contributed by atoms with Crippen molar-refractivity contribution >= 4 is 10.8 Å². The van der Waals surface area contributed by atoms with Crippen molar-refractivity contribution in [3.63, 3.8) is 0 Å². The van der Waals surface area contributed by atoms with E-state index in [1.165, 1.54) is 28.4 Å². The maximum Gasteiger partial charge on any atom is 0.238 e. The average molecular weight is 335 g/mol. The van der Waals surface area contributed by atoms with Crippen LogP contribution in [0.5, 0.6) is 0 Å². The molecule has 0 spiro atoms. The number of aromatic nitrogens is 3. The third kappa shape index (κ3) is 4.04. The monoisotopic (exact) mass is 335 g/mol. The number of benzene rings is 1. The zero-order chi connectivity index (χ0) is 16.2. The smallest absolute Gasteiger partial charge is 0.238 e. The van der Waals surface area contributed by atoms with Crippen molar-refractivity contribution in [1.82, 2.24) is 14.8 Å². The molecule has 23 heavy (non-hydrogen) atoms. The van der Waals surface area contributed by atoms with E-state index >= 15 is 0 Å². The van der Waals surface area contributed by atoms with Crippen molar-refractivity contribution in [2.24, 2.45) is 0 Å². The molecule has 3 rings (SSSR count). The highest BCUT2D eigenvalue weighted by atomic mass is 32.2. The molecule has 0 saturated heterocycles. The number of rotatable bonds is 6. The molecule has 0 aliphatic heterocycles. The van der Waals surface area contributed by atoms with E-state index in [1.54, 1.807) is 0 Å². The summed E-state index contributed by atoms with van der Waals surface area (Å²) in [5.41, 5.74) is 2.57. The lowest BCUT2D eigenvalue weighted by Crippen LogP contribution is -2.24. The van der Waals surface area contributed by atoms with E-state index in [-0.39, 0.29) is 24.4 Å². The van der Waals surface area contributed by atoms with Crippen LogP contribution in [0.25, 0.3) is 0 Å². The average Bonchev–Trinajstić information content (AvgIpc) is 3.01. The Labute approximate surface area is 138 Å². The van der Waals surface area contributed by atoms with Crippen LogP contribution in [0, 0.1) is 0 Å². The van der Waals surface area contributed by atoms with Gasteiger partial charge in [0.1, 0.15) is 6.33 Å². The van der Waals surface area contributed by atoms with Crippen molar-refractivity contribution in [1.29, 1.82) is 0 Å². The number of ether oxygens (including phenoxy) is 1. The molecule has 1 N–H and O–H groups in total. The minimum atomic E-state index is -1.21. The first-order valence-corrected chi connectivity index (χ1v) is 9.29. The zero-order valence-electron chi connectivity index (χ0n) is 13.1. The van der Waals surface area contributed by atoms with E-state index in [9.17, 15) is 9.32 Å². The molecule has 0 bridgehead atoms. The van der Waals surface area contributed by atoms with Gasteiger partial charge in [0.15, 0.2) is 0 Å². The minimum absolute atomic E-state index is 0.0454. The Hall–Kier alpha value is -1.57. The van der Waals surface area contributed by atoms with Gasteiger partial charge in [-0.1, -0.05) is 24.3 Å².